The second-order valence-corrected chi connectivity index (χ2v) is 8.30. The van der Waals surface area contributed by atoms with Crippen molar-refractivity contribution in [1.29, 1.82) is 0 Å². The minimum Gasteiger partial charge on any atom is -0.493 e. The Kier molecular flexibility index (Phi) is 4.28. The van der Waals surface area contributed by atoms with Gasteiger partial charge in [0.1, 0.15) is 6.33 Å². The molecule has 7 heteroatoms. The molecule has 0 bridgehead atoms. The number of nitrogens with two attached hydrogens (primary N) is 1. The summed E-state index contributed by atoms with van der Waals surface area (Å²) in [6.45, 7) is 4.41. The molecule has 1 aliphatic carbocycles. The predicted molar refractivity (Wildman–Crippen MR) is 113 cm³/mol. The maximum Gasteiger partial charge on any atom is 0.197 e. The molecule has 0 aliphatic heterocycles. The van der Waals surface area contributed by atoms with Crippen molar-refractivity contribution in [1.82, 2.24) is 24.6 Å². The van der Waals surface area contributed by atoms with Crippen LogP contribution in [0.15, 0.2) is 30.7 Å². The summed E-state index contributed by atoms with van der Waals surface area (Å²) in [7, 11) is 1.66. The van der Waals surface area contributed by atoms with Crippen LogP contribution in [-0.4, -0.2) is 37.7 Å². The van der Waals surface area contributed by atoms with Crippen LogP contribution in [0.3, 0.4) is 0 Å². The SMILES string of the molecule is COc1cc(-c2[nH]c3ccc([C@@H]4CC[C@H](N)C4)nc3c2C(C)C)cn2ncnc12. The van der Waals surface area contributed by atoms with Gasteiger partial charge in [0.15, 0.2) is 11.4 Å². The van der Waals surface area contributed by atoms with Gasteiger partial charge in [0, 0.05) is 35.0 Å². The summed E-state index contributed by atoms with van der Waals surface area (Å²) in [6.07, 6.45) is 6.74. The van der Waals surface area contributed by atoms with E-state index in [1.165, 1.54) is 11.9 Å². The van der Waals surface area contributed by atoms with Crippen LogP contribution in [0.25, 0.3) is 27.9 Å². The Labute approximate surface area is 169 Å². The van der Waals surface area contributed by atoms with Gasteiger partial charge in [-0.3, -0.25) is 4.98 Å². The van der Waals surface area contributed by atoms with Crippen molar-refractivity contribution in [3.8, 4) is 17.0 Å². The monoisotopic (exact) mass is 390 g/mol. The summed E-state index contributed by atoms with van der Waals surface area (Å²) < 4.78 is 7.31. The molecule has 0 spiro atoms. The lowest BCUT2D eigenvalue weighted by Gasteiger charge is -2.12. The molecule has 29 heavy (non-hydrogen) atoms. The van der Waals surface area contributed by atoms with E-state index >= 15 is 0 Å². The molecule has 1 aliphatic rings. The fourth-order valence-electron chi connectivity index (χ4n) is 4.59. The Morgan fingerprint density at radius 3 is 2.86 bits per heavy atom. The van der Waals surface area contributed by atoms with Crippen molar-refractivity contribution in [2.45, 2.75) is 51.0 Å². The van der Waals surface area contributed by atoms with Gasteiger partial charge in [0.25, 0.3) is 0 Å². The van der Waals surface area contributed by atoms with Gasteiger partial charge in [-0.1, -0.05) is 13.8 Å². The molecule has 5 rings (SSSR count). The average molecular weight is 390 g/mol. The van der Waals surface area contributed by atoms with E-state index in [2.05, 4.69) is 41.0 Å². The Balaban J connectivity index is 1.69. The van der Waals surface area contributed by atoms with Gasteiger partial charge in [-0.2, -0.15) is 5.10 Å². The van der Waals surface area contributed by atoms with Gasteiger partial charge in [-0.05, 0) is 43.4 Å². The molecule has 150 valence electrons. The molecular formula is C22H26N6O. The third kappa shape index (κ3) is 2.97. The van der Waals surface area contributed by atoms with Crippen LogP contribution in [0.1, 0.15) is 56.2 Å². The maximum atomic E-state index is 6.14. The fraction of sp³-hybridized carbons (Fsp3) is 0.409. The molecule has 1 saturated carbocycles. The molecule has 4 aromatic rings. The second kappa shape index (κ2) is 6.84. The standard InChI is InChI=1S/C22H26N6O/c1-12(2)19-20(14-9-18(29-3)22-24-11-25-28(22)10-14)27-17-7-6-16(26-21(17)19)13-4-5-15(23)8-13/h6-7,9-13,15,27H,4-5,8,23H2,1-3H3/t13-,15+/m1/s1. The third-order valence-electron chi connectivity index (χ3n) is 6.02. The van der Waals surface area contributed by atoms with Crippen molar-refractivity contribution >= 4 is 16.7 Å². The van der Waals surface area contributed by atoms with Crippen LogP contribution < -0.4 is 10.5 Å². The van der Waals surface area contributed by atoms with E-state index in [0.29, 0.717) is 29.3 Å². The Bertz CT molecular complexity index is 1190. The normalized spacial score (nSPS) is 19.6. The molecule has 0 radical (unpaired) electrons. The van der Waals surface area contributed by atoms with Crippen molar-refractivity contribution in [3.05, 3.63) is 42.0 Å². The largest absolute Gasteiger partial charge is 0.493 e. The summed E-state index contributed by atoms with van der Waals surface area (Å²) in [5, 5.41) is 4.30. The Hall–Kier alpha value is -2.93. The number of hydrogen-bond acceptors (Lipinski definition) is 5. The number of pyridine rings is 2. The summed E-state index contributed by atoms with van der Waals surface area (Å²) in [5.74, 6) is 1.46. The first-order chi connectivity index (χ1) is 14.0. The van der Waals surface area contributed by atoms with Gasteiger partial charge in [0.2, 0.25) is 0 Å². The smallest absolute Gasteiger partial charge is 0.197 e. The molecule has 4 heterocycles. The lowest BCUT2D eigenvalue weighted by Crippen LogP contribution is -2.14. The van der Waals surface area contributed by atoms with E-state index in [9.17, 15) is 0 Å². The molecule has 4 aromatic heterocycles. The first-order valence-corrected chi connectivity index (χ1v) is 10.2. The summed E-state index contributed by atoms with van der Waals surface area (Å²) in [6, 6.07) is 6.61. The minimum absolute atomic E-state index is 0.297. The second-order valence-electron chi connectivity index (χ2n) is 8.30. The lowest BCUT2D eigenvalue weighted by atomic mass is 9.97. The molecule has 0 saturated heterocycles. The van der Waals surface area contributed by atoms with Crippen molar-refractivity contribution < 1.29 is 4.74 Å². The Morgan fingerprint density at radius 1 is 1.28 bits per heavy atom. The van der Waals surface area contributed by atoms with E-state index in [1.54, 1.807) is 11.6 Å². The van der Waals surface area contributed by atoms with Crippen LogP contribution in [0, 0.1) is 0 Å². The number of ether oxygens (including phenoxy) is 1. The van der Waals surface area contributed by atoms with E-state index in [0.717, 1.165) is 47.2 Å². The third-order valence-corrected chi connectivity index (χ3v) is 6.02. The fourth-order valence-corrected chi connectivity index (χ4v) is 4.59. The van der Waals surface area contributed by atoms with Crippen LogP contribution in [0.5, 0.6) is 5.75 Å². The molecule has 3 N–H and O–H groups in total. The van der Waals surface area contributed by atoms with Gasteiger partial charge < -0.3 is 15.5 Å². The molecular weight excluding hydrogens is 364 g/mol. The zero-order valence-corrected chi connectivity index (χ0v) is 17.0. The number of hydrogen-bond donors (Lipinski definition) is 2. The van der Waals surface area contributed by atoms with Crippen LogP contribution in [0.2, 0.25) is 0 Å². The molecule has 1 fully saturated rings. The minimum atomic E-state index is 0.297. The van der Waals surface area contributed by atoms with E-state index in [-0.39, 0.29) is 0 Å². The number of methoxy groups -OCH3 is 1. The first-order valence-electron chi connectivity index (χ1n) is 10.2. The topological polar surface area (TPSA) is 94.1 Å². The lowest BCUT2D eigenvalue weighted by molar-refractivity contribution is 0.416. The van der Waals surface area contributed by atoms with Crippen LogP contribution >= 0.6 is 0 Å². The number of H-pyrrole nitrogens is 1. The quantitative estimate of drug-likeness (QED) is 0.549. The molecule has 0 amide bonds. The van der Waals surface area contributed by atoms with Gasteiger partial charge in [-0.15, -0.1) is 0 Å². The summed E-state index contributed by atoms with van der Waals surface area (Å²) in [4.78, 5) is 13.0. The molecule has 7 nitrogen and oxygen atoms in total. The van der Waals surface area contributed by atoms with Gasteiger partial charge in [-0.25, -0.2) is 9.50 Å². The molecule has 2 atom stereocenters. The zero-order chi connectivity index (χ0) is 20.1. The van der Waals surface area contributed by atoms with Crippen molar-refractivity contribution in [2.75, 3.05) is 7.11 Å². The highest BCUT2D eigenvalue weighted by molar-refractivity contribution is 5.89. The zero-order valence-electron chi connectivity index (χ0n) is 17.0. The number of rotatable bonds is 4. The van der Waals surface area contributed by atoms with Crippen molar-refractivity contribution in [3.63, 3.8) is 0 Å². The van der Waals surface area contributed by atoms with E-state index < -0.39 is 0 Å². The number of aromatic nitrogens is 5. The summed E-state index contributed by atoms with van der Waals surface area (Å²) in [5.41, 5.74) is 13.4. The number of nitrogens with zero attached hydrogens (tertiary/aromatic N) is 4. The van der Waals surface area contributed by atoms with Crippen molar-refractivity contribution in [2.24, 2.45) is 5.73 Å². The predicted octanol–water partition coefficient (Wildman–Crippen LogP) is 4.00. The number of nitrogens with one attached hydrogen (secondary N) is 1. The average Bonchev–Trinajstić information content (AvgIpc) is 3.43. The number of fused-ring (bicyclic) bond motifs is 2. The first kappa shape index (κ1) is 18.1. The summed E-state index contributed by atoms with van der Waals surface area (Å²) >= 11 is 0. The van der Waals surface area contributed by atoms with Crippen LogP contribution in [-0.2, 0) is 0 Å². The molecule has 0 unspecified atom stereocenters. The number of aromatic amines is 1. The van der Waals surface area contributed by atoms with E-state index in [4.69, 9.17) is 15.5 Å². The Morgan fingerprint density at radius 2 is 2.14 bits per heavy atom. The van der Waals surface area contributed by atoms with Crippen LogP contribution in [0.4, 0.5) is 0 Å². The van der Waals surface area contributed by atoms with E-state index in [1.807, 2.05) is 12.3 Å². The highest BCUT2D eigenvalue weighted by Gasteiger charge is 2.26. The highest BCUT2D eigenvalue weighted by atomic mass is 16.5. The van der Waals surface area contributed by atoms with Gasteiger partial charge >= 0.3 is 0 Å². The maximum absolute atomic E-state index is 6.14. The molecule has 0 aromatic carbocycles. The van der Waals surface area contributed by atoms with Gasteiger partial charge in [0.05, 0.1) is 23.8 Å². The highest BCUT2D eigenvalue weighted by Crippen LogP contribution is 2.38.